The van der Waals surface area contributed by atoms with Crippen LogP contribution in [0.3, 0.4) is 0 Å². The number of rotatable bonds is 4. The van der Waals surface area contributed by atoms with Gasteiger partial charge in [0.1, 0.15) is 5.94 Å². The molecule has 2 unspecified atom stereocenters. The Hall–Kier alpha value is -1.73. The Bertz CT molecular complexity index is 564. The number of hydrogen-bond donors (Lipinski definition) is 1. The van der Waals surface area contributed by atoms with Gasteiger partial charge in [0.25, 0.3) is 0 Å². The van der Waals surface area contributed by atoms with Crippen molar-refractivity contribution in [2.75, 3.05) is 0 Å². The molecule has 0 fully saturated rings. The number of aliphatic hydroxyl groups excluding tert-OH is 1. The summed E-state index contributed by atoms with van der Waals surface area (Å²) in [6.07, 6.45) is 7.22. The van der Waals surface area contributed by atoms with Gasteiger partial charge in [-0.15, -0.1) is 0 Å². The van der Waals surface area contributed by atoms with Crippen molar-refractivity contribution < 1.29 is 14.6 Å². The molecule has 2 bridgehead atoms. The first-order chi connectivity index (χ1) is 9.74. The second-order valence-electron chi connectivity index (χ2n) is 7.08. The minimum atomic E-state index is -0.437. The molecule has 0 saturated carbocycles. The van der Waals surface area contributed by atoms with E-state index in [0.717, 1.165) is 12.0 Å². The number of fused-ring (bicyclic) bond motifs is 2. The molecule has 0 aliphatic heterocycles. The number of carbonyl (C=O) groups excluding carboxylic acids is 1. The normalized spacial score (nSPS) is 24.8. The summed E-state index contributed by atoms with van der Waals surface area (Å²) >= 11 is 0. The molecule has 2 atom stereocenters. The first kappa shape index (κ1) is 15.7. The molecule has 0 aromatic heterocycles. The Kier molecular flexibility index (Phi) is 4.15. The zero-order valence-electron chi connectivity index (χ0n) is 13.4. The summed E-state index contributed by atoms with van der Waals surface area (Å²) in [4.78, 5) is 11.4. The Morgan fingerprint density at radius 2 is 2.05 bits per heavy atom. The van der Waals surface area contributed by atoms with Gasteiger partial charge >= 0.3 is 0 Å². The lowest BCUT2D eigenvalue weighted by Gasteiger charge is -2.25. The van der Waals surface area contributed by atoms with Gasteiger partial charge in [-0.05, 0) is 26.2 Å². The van der Waals surface area contributed by atoms with Gasteiger partial charge in [0.05, 0.1) is 11.7 Å². The maximum absolute atomic E-state index is 11.4. The predicted molar refractivity (Wildman–Crippen MR) is 83.4 cm³/mol. The molecule has 1 N–H and O–H groups in total. The van der Waals surface area contributed by atoms with Crippen molar-refractivity contribution in [2.45, 2.75) is 47.1 Å². The van der Waals surface area contributed by atoms with Crippen LogP contribution in [0.4, 0.5) is 0 Å². The van der Waals surface area contributed by atoms with Crippen LogP contribution in [0.1, 0.15) is 41.0 Å². The minimum absolute atomic E-state index is 0.0915. The van der Waals surface area contributed by atoms with Crippen LogP contribution in [0.15, 0.2) is 40.9 Å². The van der Waals surface area contributed by atoms with Crippen LogP contribution >= 0.6 is 0 Å². The predicted octanol–water partition coefficient (Wildman–Crippen LogP) is 4.12. The van der Waals surface area contributed by atoms with Gasteiger partial charge in [0.2, 0.25) is 0 Å². The molecular weight excluding hydrogens is 264 g/mol. The number of ether oxygens (including phenoxy) is 1. The van der Waals surface area contributed by atoms with E-state index in [1.165, 1.54) is 0 Å². The van der Waals surface area contributed by atoms with Gasteiger partial charge in [-0.3, -0.25) is 0 Å². The van der Waals surface area contributed by atoms with Crippen LogP contribution in [0.25, 0.3) is 0 Å². The minimum Gasteiger partial charge on any atom is -0.504 e. The summed E-state index contributed by atoms with van der Waals surface area (Å²) < 4.78 is 5.78. The zero-order chi connectivity index (χ0) is 15.8. The van der Waals surface area contributed by atoms with E-state index in [4.69, 9.17) is 4.74 Å². The first-order valence-electron chi connectivity index (χ1n) is 7.50. The highest BCUT2D eigenvalue weighted by atomic mass is 16.5. The second kappa shape index (κ2) is 5.57. The van der Waals surface area contributed by atoms with E-state index in [9.17, 15) is 9.90 Å². The lowest BCUT2D eigenvalue weighted by atomic mass is 9.84. The van der Waals surface area contributed by atoms with E-state index in [0.29, 0.717) is 11.5 Å². The summed E-state index contributed by atoms with van der Waals surface area (Å²) in [5, 5.41) is 10.7. The lowest BCUT2D eigenvalue weighted by molar-refractivity contribution is 0.134. The molecule has 0 aromatic rings. The smallest absolute Gasteiger partial charge is 0.176 e. The molecule has 0 aromatic carbocycles. The highest BCUT2D eigenvalue weighted by Crippen LogP contribution is 2.43. The van der Waals surface area contributed by atoms with Gasteiger partial charge in [0.15, 0.2) is 11.5 Å². The van der Waals surface area contributed by atoms with Crippen LogP contribution in [-0.4, -0.2) is 17.2 Å². The lowest BCUT2D eigenvalue weighted by Crippen LogP contribution is -2.19. The van der Waals surface area contributed by atoms with Crippen molar-refractivity contribution in [1.82, 2.24) is 0 Å². The van der Waals surface area contributed by atoms with Crippen LogP contribution in [0.2, 0.25) is 0 Å². The molecule has 0 spiro atoms. The number of hydrogen-bond acceptors (Lipinski definition) is 3. The molecule has 2 rings (SSSR count). The van der Waals surface area contributed by atoms with Gasteiger partial charge in [-0.2, -0.15) is 0 Å². The van der Waals surface area contributed by atoms with Crippen molar-refractivity contribution in [3.05, 3.63) is 40.9 Å². The van der Waals surface area contributed by atoms with E-state index in [2.05, 4.69) is 18.2 Å². The molecule has 0 saturated heterocycles. The van der Waals surface area contributed by atoms with Gasteiger partial charge in [-0.25, -0.2) is 4.79 Å². The zero-order valence-corrected chi connectivity index (χ0v) is 13.4. The van der Waals surface area contributed by atoms with E-state index in [1.807, 2.05) is 40.6 Å². The van der Waals surface area contributed by atoms with Crippen LogP contribution in [0, 0.1) is 17.3 Å². The molecular formula is C18H24O3. The van der Waals surface area contributed by atoms with Crippen molar-refractivity contribution >= 4 is 5.94 Å². The molecule has 0 radical (unpaired) electrons. The Balaban J connectivity index is 2.47. The number of allylic oxidation sites excluding steroid dienone is 5. The molecule has 0 heterocycles. The van der Waals surface area contributed by atoms with Crippen molar-refractivity contribution in [3.8, 4) is 0 Å². The van der Waals surface area contributed by atoms with Crippen molar-refractivity contribution in [2.24, 2.45) is 17.3 Å². The Morgan fingerprint density at radius 3 is 2.43 bits per heavy atom. The molecule has 21 heavy (non-hydrogen) atoms. The van der Waals surface area contributed by atoms with Gasteiger partial charge in [-0.1, -0.05) is 39.0 Å². The quantitative estimate of drug-likeness (QED) is 0.366. The van der Waals surface area contributed by atoms with Crippen molar-refractivity contribution in [3.63, 3.8) is 0 Å². The summed E-state index contributed by atoms with van der Waals surface area (Å²) in [5.74, 6) is 2.97. The number of aliphatic hydroxyl groups is 1. The molecule has 114 valence electrons. The molecule has 2 aliphatic rings. The molecule has 0 amide bonds. The second-order valence-corrected chi connectivity index (χ2v) is 7.08. The topological polar surface area (TPSA) is 46.5 Å². The fourth-order valence-electron chi connectivity index (χ4n) is 2.83. The standard InChI is InChI=1S/C18H24O3/c1-11(2)21-17(15(10-19)18(3,4)5)16(20)14-9-12-6-7-13(14)8-12/h6-7,9,11-13,20H,8H2,1-5H3/b17-16-. The Morgan fingerprint density at radius 1 is 1.38 bits per heavy atom. The highest BCUT2D eigenvalue weighted by molar-refractivity contribution is 5.63. The largest absolute Gasteiger partial charge is 0.504 e. The summed E-state index contributed by atoms with van der Waals surface area (Å²) in [7, 11) is 0. The Labute approximate surface area is 126 Å². The van der Waals surface area contributed by atoms with E-state index < -0.39 is 5.41 Å². The molecule has 3 heteroatoms. The SMILES string of the molecule is CC(C)O/C(C(=C=O)C(C)(C)C)=C(\O)C1=CC2C=CC1C2. The fourth-order valence-corrected chi connectivity index (χ4v) is 2.83. The maximum Gasteiger partial charge on any atom is 0.176 e. The monoisotopic (exact) mass is 288 g/mol. The van der Waals surface area contributed by atoms with E-state index in [-0.39, 0.29) is 23.5 Å². The van der Waals surface area contributed by atoms with E-state index in [1.54, 1.807) is 0 Å². The van der Waals surface area contributed by atoms with Crippen molar-refractivity contribution in [1.29, 1.82) is 0 Å². The van der Waals surface area contributed by atoms with E-state index >= 15 is 0 Å². The van der Waals surface area contributed by atoms with Crippen LogP contribution in [0.5, 0.6) is 0 Å². The van der Waals surface area contributed by atoms with Crippen LogP contribution in [-0.2, 0) is 9.53 Å². The average Bonchev–Trinajstić information content (AvgIpc) is 2.97. The third kappa shape index (κ3) is 3.14. The van der Waals surface area contributed by atoms with Gasteiger partial charge in [0, 0.05) is 16.9 Å². The first-order valence-corrected chi connectivity index (χ1v) is 7.50. The maximum atomic E-state index is 11.4. The summed E-state index contributed by atoms with van der Waals surface area (Å²) in [6, 6.07) is 0. The fraction of sp³-hybridized carbons (Fsp3) is 0.556. The van der Waals surface area contributed by atoms with Crippen LogP contribution < -0.4 is 0 Å². The summed E-state index contributed by atoms with van der Waals surface area (Å²) in [5.41, 5.74) is 0.810. The third-order valence-electron chi connectivity index (χ3n) is 3.83. The molecule has 2 aliphatic carbocycles. The summed E-state index contributed by atoms with van der Waals surface area (Å²) in [6.45, 7) is 9.51. The van der Waals surface area contributed by atoms with Gasteiger partial charge < -0.3 is 9.84 Å². The molecule has 3 nitrogen and oxygen atoms in total. The highest BCUT2D eigenvalue weighted by Gasteiger charge is 2.34. The third-order valence-corrected chi connectivity index (χ3v) is 3.83. The average molecular weight is 288 g/mol.